The highest BCUT2D eigenvalue weighted by Crippen LogP contribution is 2.26. The molecule has 6 nitrogen and oxygen atoms in total. The van der Waals surface area contributed by atoms with Crippen molar-refractivity contribution >= 4 is 23.5 Å². The summed E-state index contributed by atoms with van der Waals surface area (Å²) in [5.74, 6) is 0. The Bertz CT molecular complexity index is 461. The van der Waals surface area contributed by atoms with Crippen molar-refractivity contribution in [2.24, 2.45) is 0 Å². The number of hydrazine groups is 1. The van der Waals surface area contributed by atoms with Gasteiger partial charge in [0.15, 0.2) is 0 Å². The molecule has 1 aromatic rings. The van der Waals surface area contributed by atoms with Crippen LogP contribution in [0.1, 0.15) is 36.6 Å². The summed E-state index contributed by atoms with van der Waals surface area (Å²) in [5.41, 5.74) is 2.41. The lowest BCUT2D eigenvalue weighted by Gasteiger charge is -2.27. The van der Waals surface area contributed by atoms with Crippen molar-refractivity contribution in [2.45, 2.75) is 33.7 Å². The average molecular weight is 300 g/mol. The van der Waals surface area contributed by atoms with Gasteiger partial charge in [-0.05, 0) is 39.8 Å². The second-order valence-corrected chi connectivity index (χ2v) is 5.35. The van der Waals surface area contributed by atoms with Crippen LogP contribution in [0.5, 0.6) is 0 Å². The van der Waals surface area contributed by atoms with Gasteiger partial charge in [0.05, 0.1) is 19.3 Å². The Hall–Kier alpha value is -1.76. The van der Waals surface area contributed by atoms with Crippen LogP contribution in [0.15, 0.2) is 12.1 Å². The topological polar surface area (TPSA) is 67.9 Å². The molecule has 1 aromatic heterocycles. The van der Waals surface area contributed by atoms with Crippen molar-refractivity contribution in [3.8, 4) is 0 Å². The second-order valence-electron chi connectivity index (χ2n) is 4.03. The fourth-order valence-electron chi connectivity index (χ4n) is 1.56. The molecule has 0 aliphatic rings. The zero-order valence-electron chi connectivity index (χ0n) is 12.1. The maximum Gasteiger partial charge on any atom is 0.429 e. The molecule has 0 aliphatic carbocycles. The molecule has 0 radical (unpaired) electrons. The van der Waals surface area contributed by atoms with Gasteiger partial charge in [-0.15, -0.1) is 11.3 Å². The van der Waals surface area contributed by atoms with Crippen LogP contribution in [-0.4, -0.2) is 30.4 Å². The van der Waals surface area contributed by atoms with Crippen LogP contribution in [0, 0.1) is 6.92 Å². The first kappa shape index (κ1) is 16.3. The number of hydrogen-bond donors (Lipinski definition) is 1. The van der Waals surface area contributed by atoms with Crippen molar-refractivity contribution in [1.29, 1.82) is 0 Å². The van der Waals surface area contributed by atoms with E-state index in [2.05, 4.69) is 5.43 Å². The Morgan fingerprint density at radius 1 is 1.30 bits per heavy atom. The van der Waals surface area contributed by atoms with Crippen LogP contribution < -0.4 is 5.43 Å². The monoisotopic (exact) mass is 300 g/mol. The molecule has 0 aromatic carbocycles. The molecule has 1 heterocycles. The molecule has 112 valence electrons. The highest BCUT2D eigenvalue weighted by molar-refractivity contribution is 7.12. The SMILES string of the molecule is CCOC(=O)NN(C(=O)OCC)C(C)c1ccc(C)s1. The van der Waals surface area contributed by atoms with Crippen molar-refractivity contribution in [2.75, 3.05) is 13.2 Å². The molecule has 0 aliphatic heterocycles. The molecule has 0 bridgehead atoms. The number of carbonyl (C=O) groups excluding carboxylic acids is 2. The summed E-state index contributed by atoms with van der Waals surface area (Å²) in [6.07, 6.45) is -1.29. The molecule has 1 rings (SSSR count). The molecule has 0 spiro atoms. The Kier molecular flexibility index (Phi) is 6.30. The minimum atomic E-state index is -0.680. The van der Waals surface area contributed by atoms with Gasteiger partial charge < -0.3 is 9.47 Å². The van der Waals surface area contributed by atoms with E-state index in [0.717, 1.165) is 14.8 Å². The summed E-state index contributed by atoms with van der Waals surface area (Å²) in [6.45, 7) is 7.66. The highest BCUT2D eigenvalue weighted by Gasteiger charge is 2.26. The molecule has 0 saturated heterocycles. The molecular weight excluding hydrogens is 280 g/mol. The van der Waals surface area contributed by atoms with E-state index < -0.39 is 12.2 Å². The number of amides is 2. The lowest BCUT2D eigenvalue weighted by atomic mass is 10.2. The molecule has 7 heteroatoms. The minimum Gasteiger partial charge on any atom is -0.449 e. The molecule has 20 heavy (non-hydrogen) atoms. The second kappa shape index (κ2) is 7.74. The van der Waals surface area contributed by atoms with Crippen LogP contribution >= 0.6 is 11.3 Å². The van der Waals surface area contributed by atoms with E-state index in [4.69, 9.17) is 9.47 Å². The molecule has 0 fully saturated rings. The van der Waals surface area contributed by atoms with Gasteiger partial charge >= 0.3 is 12.2 Å². The van der Waals surface area contributed by atoms with Gasteiger partial charge in [-0.3, -0.25) is 0 Å². The number of hydrogen-bond acceptors (Lipinski definition) is 5. The Morgan fingerprint density at radius 3 is 2.45 bits per heavy atom. The maximum absolute atomic E-state index is 11.9. The van der Waals surface area contributed by atoms with E-state index in [0.29, 0.717) is 0 Å². The van der Waals surface area contributed by atoms with E-state index in [-0.39, 0.29) is 19.3 Å². The van der Waals surface area contributed by atoms with E-state index in [1.54, 1.807) is 25.2 Å². The van der Waals surface area contributed by atoms with Gasteiger partial charge in [0.25, 0.3) is 0 Å². The summed E-state index contributed by atoms with van der Waals surface area (Å²) in [7, 11) is 0. The smallest absolute Gasteiger partial charge is 0.429 e. The summed E-state index contributed by atoms with van der Waals surface area (Å²) in [5, 5.41) is 1.15. The number of rotatable bonds is 4. The quantitative estimate of drug-likeness (QED) is 0.867. The van der Waals surface area contributed by atoms with Crippen LogP contribution in [0.25, 0.3) is 0 Å². The van der Waals surface area contributed by atoms with Gasteiger partial charge in [-0.1, -0.05) is 0 Å². The van der Waals surface area contributed by atoms with Gasteiger partial charge in [-0.2, -0.15) is 0 Å². The van der Waals surface area contributed by atoms with E-state index >= 15 is 0 Å². The largest absolute Gasteiger partial charge is 0.449 e. The van der Waals surface area contributed by atoms with E-state index in [1.165, 1.54) is 0 Å². The van der Waals surface area contributed by atoms with Crippen LogP contribution in [0.4, 0.5) is 9.59 Å². The number of ether oxygens (including phenoxy) is 2. The maximum atomic E-state index is 11.9. The predicted octanol–water partition coefficient (Wildman–Crippen LogP) is 3.24. The first-order valence-corrected chi connectivity index (χ1v) is 7.26. The Morgan fingerprint density at radius 2 is 1.95 bits per heavy atom. The summed E-state index contributed by atoms with van der Waals surface area (Å²) in [6, 6.07) is 3.55. The average Bonchev–Trinajstić information content (AvgIpc) is 2.82. The lowest BCUT2D eigenvalue weighted by Crippen LogP contribution is -2.47. The summed E-state index contributed by atoms with van der Waals surface area (Å²) in [4.78, 5) is 25.5. The third-order valence-corrected chi connectivity index (χ3v) is 3.68. The van der Waals surface area contributed by atoms with Crippen molar-refractivity contribution < 1.29 is 19.1 Å². The van der Waals surface area contributed by atoms with Crippen LogP contribution in [0.3, 0.4) is 0 Å². The van der Waals surface area contributed by atoms with Crippen molar-refractivity contribution in [3.05, 3.63) is 21.9 Å². The molecular formula is C13H20N2O4S. The molecule has 0 saturated carbocycles. The third-order valence-electron chi connectivity index (χ3n) is 2.51. The van der Waals surface area contributed by atoms with Gasteiger partial charge in [0.1, 0.15) is 0 Å². The Balaban J connectivity index is 2.85. The van der Waals surface area contributed by atoms with Gasteiger partial charge in [0, 0.05) is 9.75 Å². The fourth-order valence-corrected chi connectivity index (χ4v) is 2.48. The number of nitrogens with zero attached hydrogens (tertiary/aromatic N) is 1. The molecule has 1 atom stereocenters. The zero-order valence-corrected chi connectivity index (χ0v) is 13.0. The number of aryl methyl sites for hydroxylation is 1. The molecule has 1 unspecified atom stereocenters. The van der Waals surface area contributed by atoms with Crippen molar-refractivity contribution in [1.82, 2.24) is 10.4 Å². The number of thiophene rings is 1. The third kappa shape index (κ3) is 4.41. The van der Waals surface area contributed by atoms with E-state index in [9.17, 15) is 9.59 Å². The number of nitrogens with one attached hydrogen (secondary N) is 1. The standard InChI is InChI=1S/C13H20N2O4S/c1-5-18-12(16)14-15(13(17)19-6-2)10(4)11-8-7-9(3)20-11/h7-8,10H,5-6H2,1-4H3,(H,14,16). The molecule has 1 N–H and O–H groups in total. The zero-order chi connectivity index (χ0) is 15.1. The van der Waals surface area contributed by atoms with Crippen molar-refractivity contribution in [3.63, 3.8) is 0 Å². The number of carbonyl (C=O) groups is 2. The normalized spacial score (nSPS) is 11.6. The van der Waals surface area contributed by atoms with Gasteiger partial charge in [-0.25, -0.2) is 20.0 Å². The summed E-state index contributed by atoms with van der Waals surface area (Å²) >= 11 is 1.56. The first-order chi connectivity index (χ1) is 9.49. The van der Waals surface area contributed by atoms with Gasteiger partial charge in [0.2, 0.25) is 0 Å². The highest BCUT2D eigenvalue weighted by atomic mass is 32.1. The van der Waals surface area contributed by atoms with Crippen LogP contribution in [-0.2, 0) is 9.47 Å². The summed E-state index contributed by atoms with van der Waals surface area (Å²) < 4.78 is 9.75. The minimum absolute atomic E-state index is 0.231. The fraction of sp³-hybridized carbons (Fsp3) is 0.538. The predicted molar refractivity (Wildman–Crippen MR) is 76.5 cm³/mol. The first-order valence-electron chi connectivity index (χ1n) is 6.45. The van der Waals surface area contributed by atoms with E-state index in [1.807, 2.05) is 26.0 Å². The van der Waals surface area contributed by atoms with Crippen LogP contribution in [0.2, 0.25) is 0 Å². The lowest BCUT2D eigenvalue weighted by molar-refractivity contribution is 0.0588. The Labute approximate surface area is 122 Å². The molecule has 2 amide bonds.